The predicted molar refractivity (Wildman–Crippen MR) is 112 cm³/mol. The van der Waals surface area contributed by atoms with Gasteiger partial charge in [-0.1, -0.05) is 0 Å². The second-order valence-corrected chi connectivity index (χ2v) is 7.76. The largest absolute Gasteiger partial charge is 0.493 e. The van der Waals surface area contributed by atoms with Crippen LogP contribution >= 0.6 is 0 Å². The number of likely N-dealkylation sites (N-methyl/N-ethyl adjacent to an activating group) is 1. The molecule has 0 aromatic heterocycles. The maximum Gasteiger partial charge on any atom is 0.272 e. The van der Waals surface area contributed by atoms with E-state index < -0.39 is 0 Å². The van der Waals surface area contributed by atoms with Gasteiger partial charge in [-0.25, -0.2) is 0 Å². The summed E-state index contributed by atoms with van der Waals surface area (Å²) in [6.07, 6.45) is 0.977. The van der Waals surface area contributed by atoms with Crippen LogP contribution in [-0.2, 0) is 0 Å². The van der Waals surface area contributed by atoms with Crippen molar-refractivity contribution in [3.63, 3.8) is 0 Å². The van der Waals surface area contributed by atoms with Gasteiger partial charge in [0.25, 0.3) is 5.69 Å². The van der Waals surface area contributed by atoms with E-state index in [0.29, 0.717) is 17.1 Å². The number of aliphatic imine (C=N–C) groups is 1. The lowest BCUT2D eigenvalue weighted by molar-refractivity contribution is -0.385. The second kappa shape index (κ2) is 7.48. The lowest BCUT2D eigenvalue weighted by Gasteiger charge is -2.39. The van der Waals surface area contributed by atoms with E-state index in [1.54, 1.807) is 33.3 Å². The number of rotatable bonds is 4. The fraction of sp³-hybridized carbons (Fsp3) is 0.409. The number of aryl methyl sites for hydroxylation is 1. The molecule has 7 nitrogen and oxygen atoms in total. The van der Waals surface area contributed by atoms with Gasteiger partial charge in [0.15, 0.2) is 11.5 Å². The molecule has 2 heterocycles. The van der Waals surface area contributed by atoms with Crippen molar-refractivity contribution < 1.29 is 14.4 Å². The van der Waals surface area contributed by atoms with E-state index in [4.69, 9.17) is 14.5 Å². The smallest absolute Gasteiger partial charge is 0.272 e. The first-order chi connectivity index (χ1) is 13.9. The molecule has 4 rings (SSSR count). The first kappa shape index (κ1) is 19.4. The van der Waals surface area contributed by atoms with Gasteiger partial charge in [0, 0.05) is 35.2 Å². The lowest BCUT2D eigenvalue weighted by Crippen LogP contribution is -2.41. The van der Waals surface area contributed by atoms with Crippen molar-refractivity contribution in [2.45, 2.75) is 25.3 Å². The van der Waals surface area contributed by atoms with E-state index in [1.807, 2.05) is 12.1 Å². The molecule has 2 atom stereocenters. The standard InChI is InChI=1S/C22H25N3O4/c1-13-9-14(5-6-19(13)25(26)27)22-16-11-21(29-4)20(28-3)10-15(16)17-12-24(2)8-7-18(17)23-22/h5-6,9-11,17-18H,7-8,12H2,1-4H3. The normalized spacial score (nSPS) is 21.0. The molecular formula is C22H25N3O4. The molecule has 0 spiro atoms. The summed E-state index contributed by atoms with van der Waals surface area (Å²) in [7, 11) is 5.40. The molecule has 2 aliphatic rings. The monoisotopic (exact) mass is 395 g/mol. The summed E-state index contributed by atoms with van der Waals surface area (Å²) < 4.78 is 11.1. The van der Waals surface area contributed by atoms with Crippen LogP contribution in [0, 0.1) is 17.0 Å². The summed E-state index contributed by atoms with van der Waals surface area (Å²) in [4.78, 5) is 18.3. The zero-order valence-corrected chi connectivity index (χ0v) is 17.1. The topological polar surface area (TPSA) is 77.2 Å². The highest BCUT2D eigenvalue weighted by Gasteiger charge is 2.36. The Kier molecular flexibility index (Phi) is 5.00. The van der Waals surface area contributed by atoms with E-state index >= 15 is 0 Å². The number of ether oxygens (including phenoxy) is 2. The second-order valence-electron chi connectivity index (χ2n) is 7.76. The molecule has 0 aliphatic carbocycles. The van der Waals surface area contributed by atoms with Crippen molar-refractivity contribution in [3.05, 3.63) is 62.7 Å². The van der Waals surface area contributed by atoms with Crippen LogP contribution in [0.15, 0.2) is 35.3 Å². The predicted octanol–water partition coefficient (Wildman–Crippen LogP) is 3.56. The van der Waals surface area contributed by atoms with E-state index in [9.17, 15) is 10.1 Å². The number of nitro groups is 1. The Morgan fingerprint density at radius 3 is 2.55 bits per heavy atom. The molecule has 0 saturated carbocycles. The number of nitro benzene ring substituents is 1. The van der Waals surface area contributed by atoms with Gasteiger partial charge >= 0.3 is 0 Å². The molecule has 0 bridgehead atoms. The average molecular weight is 395 g/mol. The molecular weight excluding hydrogens is 370 g/mol. The third-order valence-electron chi connectivity index (χ3n) is 5.95. The van der Waals surface area contributed by atoms with E-state index in [1.165, 1.54) is 5.56 Å². The molecule has 1 saturated heterocycles. The van der Waals surface area contributed by atoms with Crippen LogP contribution in [0.2, 0.25) is 0 Å². The van der Waals surface area contributed by atoms with Gasteiger partial charge in [-0.15, -0.1) is 0 Å². The summed E-state index contributed by atoms with van der Waals surface area (Å²) in [5, 5.41) is 11.2. The van der Waals surface area contributed by atoms with Crippen LogP contribution in [0.1, 0.15) is 34.6 Å². The van der Waals surface area contributed by atoms with E-state index in [-0.39, 0.29) is 22.6 Å². The highest BCUT2D eigenvalue weighted by molar-refractivity contribution is 6.15. The zero-order valence-electron chi connectivity index (χ0n) is 17.1. The SMILES string of the molecule is COc1cc2c(cc1OC)C1CN(C)CCC1N=C2c1ccc([N+](=O)[O-])c(C)c1. The number of benzene rings is 2. The highest BCUT2D eigenvalue weighted by Crippen LogP contribution is 2.42. The lowest BCUT2D eigenvalue weighted by atomic mass is 9.79. The molecule has 2 aliphatic heterocycles. The summed E-state index contributed by atoms with van der Waals surface area (Å²) in [6.45, 7) is 3.70. The molecule has 0 N–H and O–H groups in total. The highest BCUT2D eigenvalue weighted by atomic mass is 16.6. The number of hydrogen-bond donors (Lipinski definition) is 0. The maximum absolute atomic E-state index is 11.2. The van der Waals surface area contributed by atoms with Gasteiger partial charge in [0.05, 0.1) is 30.9 Å². The molecule has 2 unspecified atom stereocenters. The fourth-order valence-electron chi connectivity index (χ4n) is 4.44. The van der Waals surface area contributed by atoms with Gasteiger partial charge in [-0.2, -0.15) is 0 Å². The van der Waals surface area contributed by atoms with Crippen molar-refractivity contribution in [1.82, 2.24) is 4.90 Å². The van der Waals surface area contributed by atoms with Crippen LogP contribution in [0.3, 0.4) is 0 Å². The minimum Gasteiger partial charge on any atom is -0.493 e. The fourth-order valence-corrected chi connectivity index (χ4v) is 4.44. The third-order valence-corrected chi connectivity index (χ3v) is 5.95. The van der Waals surface area contributed by atoms with Gasteiger partial charge in [0.2, 0.25) is 0 Å². The van der Waals surface area contributed by atoms with Gasteiger partial charge in [-0.3, -0.25) is 15.1 Å². The van der Waals surface area contributed by atoms with Crippen molar-refractivity contribution in [2.24, 2.45) is 4.99 Å². The Bertz CT molecular complexity index is 1000. The molecule has 152 valence electrons. The van der Waals surface area contributed by atoms with Crippen molar-refractivity contribution >= 4 is 11.4 Å². The van der Waals surface area contributed by atoms with E-state index in [0.717, 1.165) is 36.3 Å². The average Bonchev–Trinajstić information content (AvgIpc) is 2.71. The Labute approximate surface area is 170 Å². The molecule has 2 aromatic carbocycles. The molecule has 0 amide bonds. The van der Waals surface area contributed by atoms with Gasteiger partial charge in [-0.05, 0) is 56.8 Å². The Morgan fingerprint density at radius 1 is 1.17 bits per heavy atom. The number of nitrogens with zero attached hydrogens (tertiary/aromatic N) is 3. The Hall–Kier alpha value is -2.93. The number of methoxy groups -OCH3 is 2. The van der Waals surface area contributed by atoms with Crippen molar-refractivity contribution in [2.75, 3.05) is 34.4 Å². The van der Waals surface area contributed by atoms with E-state index in [2.05, 4.69) is 18.0 Å². The summed E-state index contributed by atoms with van der Waals surface area (Å²) >= 11 is 0. The molecule has 7 heteroatoms. The summed E-state index contributed by atoms with van der Waals surface area (Å²) in [5.41, 5.74) is 4.70. The maximum atomic E-state index is 11.2. The van der Waals surface area contributed by atoms with Gasteiger partial charge < -0.3 is 14.4 Å². The van der Waals surface area contributed by atoms with Crippen molar-refractivity contribution in [1.29, 1.82) is 0 Å². The summed E-state index contributed by atoms with van der Waals surface area (Å²) in [5.74, 6) is 1.64. The number of hydrogen-bond acceptors (Lipinski definition) is 6. The number of piperidine rings is 1. The first-order valence-electron chi connectivity index (χ1n) is 9.71. The summed E-state index contributed by atoms with van der Waals surface area (Å²) in [6, 6.07) is 9.44. The molecule has 29 heavy (non-hydrogen) atoms. The van der Waals surface area contributed by atoms with Gasteiger partial charge in [0.1, 0.15) is 0 Å². The third kappa shape index (κ3) is 3.35. The first-order valence-corrected chi connectivity index (χ1v) is 9.71. The Morgan fingerprint density at radius 2 is 1.90 bits per heavy atom. The van der Waals surface area contributed by atoms with Crippen LogP contribution in [0.5, 0.6) is 11.5 Å². The zero-order chi connectivity index (χ0) is 20.7. The number of likely N-dealkylation sites (tertiary alicyclic amines) is 1. The minimum atomic E-state index is -0.351. The molecule has 1 fully saturated rings. The number of fused-ring (bicyclic) bond motifs is 3. The van der Waals surface area contributed by atoms with Crippen molar-refractivity contribution in [3.8, 4) is 11.5 Å². The molecule has 0 radical (unpaired) electrons. The quantitative estimate of drug-likeness (QED) is 0.584. The molecule has 2 aromatic rings. The van der Waals surface area contributed by atoms with Crippen LogP contribution in [-0.4, -0.2) is 55.9 Å². The van der Waals surface area contributed by atoms with Crippen LogP contribution in [0.25, 0.3) is 0 Å². The van der Waals surface area contributed by atoms with Crippen LogP contribution in [0.4, 0.5) is 5.69 Å². The minimum absolute atomic E-state index is 0.120. The van der Waals surface area contributed by atoms with Crippen LogP contribution < -0.4 is 9.47 Å². The Balaban J connectivity index is 1.89.